The molecule has 21 heavy (non-hydrogen) atoms. The molecule has 0 aliphatic carbocycles. The molecule has 0 fully saturated rings. The summed E-state index contributed by atoms with van der Waals surface area (Å²) in [5.41, 5.74) is 8.90. The van der Waals surface area contributed by atoms with Gasteiger partial charge < -0.3 is 15.4 Å². The first-order valence-electron chi connectivity index (χ1n) is 7.17. The fourth-order valence-corrected chi connectivity index (χ4v) is 2.75. The lowest BCUT2D eigenvalue weighted by Gasteiger charge is -2.31. The van der Waals surface area contributed by atoms with Crippen LogP contribution in [0.1, 0.15) is 20.3 Å². The molecule has 4 nitrogen and oxygen atoms in total. The number of nitrogen functional groups attached to an aromatic ring is 1. The van der Waals surface area contributed by atoms with Gasteiger partial charge in [-0.1, -0.05) is 6.92 Å². The quantitative estimate of drug-likeness (QED) is 0.803. The van der Waals surface area contributed by atoms with E-state index >= 15 is 0 Å². The molecule has 2 aromatic rings. The molecular weight excluding hydrogens is 330 g/mol. The van der Waals surface area contributed by atoms with E-state index in [1.807, 2.05) is 18.3 Å². The number of methoxy groups -OCH3 is 1. The Morgan fingerprint density at radius 1 is 1.43 bits per heavy atom. The molecule has 0 aliphatic rings. The summed E-state index contributed by atoms with van der Waals surface area (Å²) in [6.45, 7) is 5.93. The van der Waals surface area contributed by atoms with Crippen molar-refractivity contribution < 1.29 is 4.74 Å². The lowest BCUT2D eigenvalue weighted by molar-refractivity contribution is 0.203. The van der Waals surface area contributed by atoms with Crippen molar-refractivity contribution in [1.29, 1.82) is 0 Å². The van der Waals surface area contributed by atoms with Gasteiger partial charge in [0.1, 0.15) is 0 Å². The molecule has 0 saturated heterocycles. The number of hydrogen-bond acceptors (Lipinski definition) is 4. The second-order valence-electron chi connectivity index (χ2n) is 5.17. The fraction of sp³-hybridized carbons (Fsp3) is 0.438. The minimum absolute atomic E-state index is 0.414. The van der Waals surface area contributed by atoms with Gasteiger partial charge in [0, 0.05) is 41.4 Å². The molecule has 2 N–H and O–H groups in total. The standard InChI is InChI=1S/C16H22BrN3O/c1-4-11(2)20(7-8-21-3)15-6-5-14(18)13-9-12(17)10-19-16(13)15/h5-6,9-11H,4,7-8,18H2,1-3H3. The normalized spacial score (nSPS) is 12.6. The van der Waals surface area contributed by atoms with E-state index in [9.17, 15) is 0 Å². The fourth-order valence-electron chi connectivity index (χ4n) is 2.42. The number of nitrogens with two attached hydrogens (primary N) is 1. The van der Waals surface area contributed by atoms with Gasteiger partial charge in [0.15, 0.2) is 0 Å². The van der Waals surface area contributed by atoms with Gasteiger partial charge in [0.25, 0.3) is 0 Å². The molecule has 2 rings (SSSR count). The van der Waals surface area contributed by atoms with Crippen molar-refractivity contribution in [2.75, 3.05) is 30.9 Å². The maximum absolute atomic E-state index is 6.10. The predicted octanol–water partition coefficient (Wildman–Crippen LogP) is 3.83. The van der Waals surface area contributed by atoms with Crippen LogP contribution in [0.25, 0.3) is 10.9 Å². The Morgan fingerprint density at radius 3 is 2.86 bits per heavy atom. The number of pyridine rings is 1. The minimum Gasteiger partial charge on any atom is -0.398 e. The smallest absolute Gasteiger partial charge is 0.0956 e. The zero-order valence-corrected chi connectivity index (χ0v) is 14.4. The number of nitrogens with zero attached hydrogens (tertiary/aromatic N) is 2. The van der Waals surface area contributed by atoms with Gasteiger partial charge in [-0.15, -0.1) is 0 Å². The van der Waals surface area contributed by atoms with Crippen LogP contribution in [0.5, 0.6) is 0 Å². The van der Waals surface area contributed by atoms with Crippen molar-refractivity contribution in [1.82, 2.24) is 4.98 Å². The van der Waals surface area contributed by atoms with Crippen LogP contribution < -0.4 is 10.6 Å². The number of hydrogen-bond donors (Lipinski definition) is 1. The summed E-state index contributed by atoms with van der Waals surface area (Å²) in [7, 11) is 1.73. The predicted molar refractivity (Wildman–Crippen MR) is 92.8 cm³/mol. The summed E-state index contributed by atoms with van der Waals surface area (Å²) in [4.78, 5) is 6.92. The highest BCUT2D eigenvalue weighted by molar-refractivity contribution is 9.10. The van der Waals surface area contributed by atoms with Gasteiger partial charge in [-0.05, 0) is 47.5 Å². The second kappa shape index (κ2) is 7.09. The molecular formula is C16H22BrN3O. The van der Waals surface area contributed by atoms with E-state index in [1.165, 1.54) is 0 Å². The summed E-state index contributed by atoms with van der Waals surface area (Å²) in [5.74, 6) is 0. The molecule has 0 amide bonds. The number of aromatic nitrogens is 1. The number of halogens is 1. The third-order valence-electron chi connectivity index (χ3n) is 3.80. The molecule has 114 valence electrons. The van der Waals surface area contributed by atoms with Crippen molar-refractivity contribution in [2.45, 2.75) is 26.3 Å². The van der Waals surface area contributed by atoms with Crippen molar-refractivity contribution in [3.63, 3.8) is 0 Å². The Hall–Kier alpha value is -1.33. The average Bonchev–Trinajstić information content (AvgIpc) is 2.49. The first-order chi connectivity index (χ1) is 10.1. The summed E-state index contributed by atoms with van der Waals surface area (Å²) in [6, 6.07) is 6.44. The molecule has 1 aromatic carbocycles. The van der Waals surface area contributed by atoms with Gasteiger partial charge in [0.05, 0.1) is 17.8 Å². The van der Waals surface area contributed by atoms with Crippen LogP contribution >= 0.6 is 15.9 Å². The zero-order chi connectivity index (χ0) is 15.4. The zero-order valence-electron chi connectivity index (χ0n) is 12.8. The molecule has 0 aliphatic heterocycles. The highest BCUT2D eigenvalue weighted by atomic mass is 79.9. The number of rotatable bonds is 6. The van der Waals surface area contributed by atoms with Crippen molar-refractivity contribution in [3.05, 3.63) is 28.9 Å². The molecule has 0 spiro atoms. The molecule has 0 radical (unpaired) electrons. The molecule has 1 atom stereocenters. The largest absolute Gasteiger partial charge is 0.398 e. The second-order valence-corrected chi connectivity index (χ2v) is 6.08. The Labute approximate surface area is 134 Å². The Bertz CT molecular complexity index is 618. The highest BCUT2D eigenvalue weighted by Gasteiger charge is 2.17. The lowest BCUT2D eigenvalue weighted by Crippen LogP contribution is -2.35. The van der Waals surface area contributed by atoms with Crippen LogP contribution in [0.15, 0.2) is 28.9 Å². The van der Waals surface area contributed by atoms with Crippen molar-refractivity contribution in [3.8, 4) is 0 Å². The van der Waals surface area contributed by atoms with Crippen LogP contribution in [0, 0.1) is 0 Å². The number of fused-ring (bicyclic) bond motifs is 1. The van der Waals surface area contributed by atoms with E-state index in [0.29, 0.717) is 12.6 Å². The molecule has 0 bridgehead atoms. The number of benzene rings is 1. The van der Waals surface area contributed by atoms with E-state index in [-0.39, 0.29) is 0 Å². The maximum atomic E-state index is 6.10. The maximum Gasteiger partial charge on any atom is 0.0956 e. The average molecular weight is 352 g/mol. The van der Waals surface area contributed by atoms with Crippen LogP contribution in [-0.2, 0) is 4.74 Å². The van der Waals surface area contributed by atoms with Gasteiger partial charge in [-0.3, -0.25) is 4.98 Å². The molecule has 0 saturated carbocycles. The molecule has 1 aromatic heterocycles. The van der Waals surface area contributed by atoms with E-state index in [1.54, 1.807) is 7.11 Å². The first-order valence-corrected chi connectivity index (χ1v) is 7.97. The molecule has 5 heteroatoms. The van der Waals surface area contributed by atoms with Crippen LogP contribution in [0.3, 0.4) is 0 Å². The minimum atomic E-state index is 0.414. The SMILES string of the molecule is CCC(C)N(CCOC)c1ccc(N)c2cc(Br)cnc12. The van der Waals surface area contributed by atoms with Gasteiger partial charge >= 0.3 is 0 Å². The van der Waals surface area contributed by atoms with Gasteiger partial charge in [0.2, 0.25) is 0 Å². The van der Waals surface area contributed by atoms with Gasteiger partial charge in [-0.2, -0.15) is 0 Å². The molecule has 1 heterocycles. The highest BCUT2D eigenvalue weighted by Crippen LogP contribution is 2.32. The van der Waals surface area contributed by atoms with E-state index in [4.69, 9.17) is 10.5 Å². The van der Waals surface area contributed by atoms with Crippen molar-refractivity contribution >= 4 is 38.2 Å². The topological polar surface area (TPSA) is 51.4 Å². The van der Waals surface area contributed by atoms with E-state index in [0.717, 1.165) is 39.7 Å². The van der Waals surface area contributed by atoms with Crippen molar-refractivity contribution in [2.24, 2.45) is 0 Å². The lowest BCUT2D eigenvalue weighted by atomic mass is 10.1. The summed E-state index contributed by atoms with van der Waals surface area (Å²) in [5, 5.41) is 0.979. The summed E-state index contributed by atoms with van der Waals surface area (Å²) < 4.78 is 6.19. The van der Waals surface area contributed by atoms with Crippen LogP contribution in [0.4, 0.5) is 11.4 Å². The Balaban J connectivity index is 2.54. The molecule has 1 unspecified atom stereocenters. The van der Waals surface area contributed by atoms with E-state index in [2.05, 4.69) is 45.7 Å². The first kappa shape index (κ1) is 16.0. The Kier molecular flexibility index (Phi) is 5.42. The summed E-state index contributed by atoms with van der Waals surface area (Å²) in [6.07, 6.45) is 2.88. The monoisotopic (exact) mass is 351 g/mol. The third-order valence-corrected chi connectivity index (χ3v) is 4.23. The Morgan fingerprint density at radius 2 is 2.19 bits per heavy atom. The van der Waals surface area contributed by atoms with Crippen LogP contribution in [0.2, 0.25) is 0 Å². The van der Waals surface area contributed by atoms with Crippen LogP contribution in [-0.4, -0.2) is 31.3 Å². The summed E-state index contributed by atoms with van der Waals surface area (Å²) >= 11 is 3.46. The van der Waals surface area contributed by atoms with E-state index < -0.39 is 0 Å². The number of anilines is 2. The van der Waals surface area contributed by atoms with Gasteiger partial charge in [-0.25, -0.2) is 0 Å². The number of ether oxygens (including phenoxy) is 1. The third kappa shape index (κ3) is 3.47.